The molecule has 0 rings (SSSR count). The molecule has 0 saturated carbocycles. The number of unbranched alkanes of at least 4 members (excludes halogenated alkanes) is 16. The number of carbonyl (C=O) groups is 2. The van der Waals surface area contributed by atoms with E-state index in [1.807, 2.05) is 6.08 Å². The van der Waals surface area contributed by atoms with Crippen molar-refractivity contribution in [2.75, 3.05) is 19.8 Å². The molecule has 0 amide bonds. The number of ether oxygens (including phenoxy) is 3. The van der Waals surface area contributed by atoms with Crippen molar-refractivity contribution in [3.8, 4) is 0 Å². The molecule has 1 atom stereocenters. The smallest absolute Gasteiger partial charge is 0.306 e. The molecule has 0 aliphatic rings. The van der Waals surface area contributed by atoms with Gasteiger partial charge < -0.3 is 14.2 Å². The Morgan fingerprint density at radius 1 is 0.371 bits per heavy atom. The van der Waals surface area contributed by atoms with E-state index in [2.05, 4.69) is 124 Å². The highest BCUT2D eigenvalue weighted by Gasteiger charge is 2.17. The summed E-state index contributed by atoms with van der Waals surface area (Å²) in [5.41, 5.74) is 0. The molecule has 0 N–H and O–H groups in total. The number of esters is 2. The van der Waals surface area contributed by atoms with Crippen LogP contribution in [0.3, 0.4) is 0 Å². The van der Waals surface area contributed by atoms with E-state index >= 15 is 0 Å². The largest absolute Gasteiger partial charge is 0.462 e. The Hall–Kier alpha value is -3.44. The first-order valence-electron chi connectivity index (χ1n) is 25.4. The van der Waals surface area contributed by atoms with Crippen LogP contribution in [0.2, 0.25) is 0 Å². The average Bonchev–Trinajstić information content (AvgIpc) is 3.27. The van der Waals surface area contributed by atoms with Crippen LogP contribution in [-0.2, 0) is 23.8 Å². The summed E-state index contributed by atoms with van der Waals surface area (Å²) in [6.07, 6.45) is 71.1. The summed E-state index contributed by atoms with van der Waals surface area (Å²) in [4.78, 5) is 25.3. The lowest BCUT2D eigenvalue weighted by molar-refractivity contribution is -0.162. The third-order valence-electron chi connectivity index (χ3n) is 10.3. The van der Waals surface area contributed by atoms with Crippen LogP contribution in [0.1, 0.15) is 213 Å². The minimum atomic E-state index is -0.594. The van der Waals surface area contributed by atoms with Gasteiger partial charge in [0.1, 0.15) is 6.61 Å². The van der Waals surface area contributed by atoms with Crippen molar-refractivity contribution >= 4 is 11.9 Å². The van der Waals surface area contributed by atoms with Gasteiger partial charge in [0.25, 0.3) is 0 Å². The highest BCUT2D eigenvalue weighted by molar-refractivity contribution is 5.70. The summed E-state index contributed by atoms with van der Waals surface area (Å²) < 4.78 is 17.3. The van der Waals surface area contributed by atoms with Crippen LogP contribution in [0.5, 0.6) is 0 Å². The fraction of sp³-hybridized carbons (Fsp3) is 0.649. The first-order valence-corrected chi connectivity index (χ1v) is 25.4. The topological polar surface area (TPSA) is 61.8 Å². The summed E-state index contributed by atoms with van der Waals surface area (Å²) in [5.74, 6) is -0.514. The van der Waals surface area contributed by atoms with E-state index < -0.39 is 6.10 Å². The summed E-state index contributed by atoms with van der Waals surface area (Å²) >= 11 is 0. The van der Waals surface area contributed by atoms with E-state index in [9.17, 15) is 9.59 Å². The summed E-state index contributed by atoms with van der Waals surface area (Å²) in [7, 11) is 0. The van der Waals surface area contributed by atoms with Gasteiger partial charge in [0.2, 0.25) is 0 Å². The lowest BCUT2D eigenvalue weighted by atomic mass is 10.1. The molecule has 62 heavy (non-hydrogen) atoms. The highest BCUT2D eigenvalue weighted by atomic mass is 16.6. The maximum absolute atomic E-state index is 12.7. The molecule has 0 spiro atoms. The van der Waals surface area contributed by atoms with Gasteiger partial charge in [-0.3, -0.25) is 9.59 Å². The third-order valence-corrected chi connectivity index (χ3v) is 10.3. The molecule has 5 heteroatoms. The Bertz CT molecular complexity index is 1250. The highest BCUT2D eigenvalue weighted by Crippen LogP contribution is 2.13. The molecular weight excluding hydrogens is 765 g/mol. The SMILES string of the molecule is CC/C=C\C/C=C\C/C=C\C/C=C\CCC(=O)OC(COCCCCCC/C=C\C/C=C\C/C=C\CC)COC(=O)CCCCCCCCCCC/C=C\C/C=C\CCCCC. The molecule has 0 aliphatic heterocycles. The van der Waals surface area contributed by atoms with Gasteiger partial charge in [-0.15, -0.1) is 0 Å². The quantitative estimate of drug-likeness (QED) is 0.0347. The zero-order valence-electron chi connectivity index (χ0n) is 40.3. The molecule has 5 nitrogen and oxygen atoms in total. The van der Waals surface area contributed by atoms with Crippen LogP contribution in [0, 0.1) is 0 Å². The van der Waals surface area contributed by atoms with Crippen molar-refractivity contribution in [1.82, 2.24) is 0 Å². The van der Waals surface area contributed by atoms with Gasteiger partial charge in [0, 0.05) is 19.4 Å². The number of rotatable bonds is 45. The first kappa shape index (κ1) is 58.6. The van der Waals surface area contributed by atoms with E-state index in [-0.39, 0.29) is 31.6 Å². The predicted molar refractivity (Wildman–Crippen MR) is 269 cm³/mol. The van der Waals surface area contributed by atoms with Crippen molar-refractivity contribution in [3.05, 3.63) is 109 Å². The second kappa shape index (κ2) is 51.9. The minimum Gasteiger partial charge on any atom is -0.462 e. The van der Waals surface area contributed by atoms with Crippen molar-refractivity contribution in [2.24, 2.45) is 0 Å². The molecule has 0 radical (unpaired) electrons. The van der Waals surface area contributed by atoms with Crippen molar-refractivity contribution in [1.29, 1.82) is 0 Å². The molecule has 0 saturated heterocycles. The fourth-order valence-electron chi connectivity index (χ4n) is 6.57. The Kier molecular flexibility index (Phi) is 49.0. The van der Waals surface area contributed by atoms with Crippen LogP contribution in [0.25, 0.3) is 0 Å². The lowest BCUT2D eigenvalue weighted by Gasteiger charge is -2.18. The third kappa shape index (κ3) is 49.2. The maximum atomic E-state index is 12.7. The molecule has 0 aromatic rings. The molecule has 0 heterocycles. The van der Waals surface area contributed by atoms with E-state index in [0.29, 0.717) is 19.4 Å². The first-order chi connectivity index (χ1) is 30.6. The van der Waals surface area contributed by atoms with E-state index in [0.717, 1.165) is 96.3 Å². The molecule has 1 unspecified atom stereocenters. The maximum Gasteiger partial charge on any atom is 0.306 e. The van der Waals surface area contributed by atoms with Gasteiger partial charge >= 0.3 is 11.9 Å². The van der Waals surface area contributed by atoms with Crippen molar-refractivity contribution < 1.29 is 23.8 Å². The monoisotopic (exact) mass is 859 g/mol. The van der Waals surface area contributed by atoms with Gasteiger partial charge in [0.05, 0.1) is 6.61 Å². The Morgan fingerprint density at radius 2 is 0.758 bits per heavy atom. The second-order valence-electron chi connectivity index (χ2n) is 16.3. The Labute approximate surface area is 383 Å². The predicted octanol–water partition coefficient (Wildman–Crippen LogP) is 17.2. The van der Waals surface area contributed by atoms with Crippen LogP contribution in [0.4, 0.5) is 0 Å². The molecule has 0 bridgehead atoms. The zero-order chi connectivity index (χ0) is 44.9. The lowest BCUT2D eigenvalue weighted by Crippen LogP contribution is -2.30. The summed E-state index contributed by atoms with van der Waals surface area (Å²) in [6, 6.07) is 0. The van der Waals surface area contributed by atoms with Gasteiger partial charge in [-0.05, 0) is 109 Å². The van der Waals surface area contributed by atoms with E-state index in [1.165, 1.54) is 77.0 Å². The van der Waals surface area contributed by atoms with Crippen LogP contribution < -0.4 is 0 Å². The van der Waals surface area contributed by atoms with E-state index in [1.54, 1.807) is 0 Å². The standard InChI is InChI=1S/C57H94O5/c1-4-7-10-13-16-19-22-25-27-28-29-30-31-33-35-38-41-44-47-50-56(58)61-54-55(53-60-52-49-46-43-40-37-34-26-23-20-17-14-11-8-5-2)62-57(59)51-48-45-42-39-36-32-24-21-18-15-12-9-6-3/h8-9,11-12,16-21,25-27,32,34,36,42,45,55H,4-7,10,13-15,22-24,28-31,33,35,37-41,43-44,46-54H2,1-3H3/b11-8-,12-9-,19-16-,20-17-,21-18-,27-25-,34-26-,36-32-,45-42-. The Balaban J connectivity index is 4.37. The zero-order valence-corrected chi connectivity index (χ0v) is 40.3. The number of allylic oxidation sites excluding steroid dienone is 18. The Morgan fingerprint density at radius 3 is 1.23 bits per heavy atom. The normalized spacial score (nSPS) is 13.1. The molecule has 0 aliphatic carbocycles. The molecular formula is C57H94O5. The van der Waals surface area contributed by atoms with Crippen LogP contribution >= 0.6 is 0 Å². The minimum absolute atomic E-state index is 0.0392. The molecule has 0 fully saturated rings. The van der Waals surface area contributed by atoms with E-state index in [4.69, 9.17) is 14.2 Å². The van der Waals surface area contributed by atoms with Crippen molar-refractivity contribution in [3.63, 3.8) is 0 Å². The van der Waals surface area contributed by atoms with Gasteiger partial charge in [-0.25, -0.2) is 0 Å². The van der Waals surface area contributed by atoms with Crippen LogP contribution in [0.15, 0.2) is 109 Å². The van der Waals surface area contributed by atoms with Crippen LogP contribution in [-0.4, -0.2) is 37.9 Å². The number of hydrogen-bond acceptors (Lipinski definition) is 5. The van der Waals surface area contributed by atoms with Gasteiger partial charge in [-0.2, -0.15) is 0 Å². The second-order valence-corrected chi connectivity index (χ2v) is 16.3. The summed E-state index contributed by atoms with van der Waals surface area (Å²) in [5, 5.41) is 0. The average molecular weight is 859 g/mol. The number of carbonyl (C=O) groups excluding carboxylic acids is 2. The fourth-order valence-corrected chi connectivity index (χ4v) is 6.57. The molecule has 0 aromatic heterocycles. The molecule has 0 aromatic carbocycles. The van der Waals surface area contributed by atoms with Gasteiger partial charge in [-0.1, -0.05) is 201 Å². The summed E-state index contributed by atoms with van der Waals surface area (Å²) in [6.45, 7) is 7.43. The molecule has 352 valence electrons. The number of hydrogen-bond donors (Lipinski definition) is 0. The van der Waals surface area contributed by atoms with Crippen molar-refractivity contribution in [2.45, 2.75) is 219 Å². The van der Waals surface area contributed by atoms with Gasteiger partial charge in [0.15, 0.2) is 6.10 Å².